The Morgan fingerprint density at radius 3 is 2.35 bits per heavy atom. The monoisotopic (exact) mass is 498 g/mol. The van der Waals surface area contributed by atoms with Crippen molar-refractivity contribution >= 4 is 63.7 Å². The highest BCUT2D eigenvalue weighted by molar-refractivity contribution is 7.41. The SMILES string of the molecule is Cc1cccc(C)c1-c1nc2ccnc(-c3cc(C(C)C)c4c(c3)sc3sc(C)c(C)c34)c2s1. The van der Waals surface area contributed by atoms with Gasteiger partial charge in [0.15, 0.2) is 0 Å². The van der Waals surface area contributed by atoms with Crippen molar-refractivity contribution in [2.24, 2.45) is 0 Å². The minimum Gasteiger partial charge on any atom is -0.255 e. The molecule has 0 saturated carbocycles. The highest BCUT2D eigenvalue weighted by atomic mass is 32.2. The Bertz CT molecular complexity index is 1710. The smallest absolute Gasteiger partial charge is 0.125 e. The van der Waals surface area contributed by atoms with E-state index in [9.17, 15) is 0 Å². The van der Waals surface area contributed by atoms with Gasteiger partial charge in [-0.1, -0.05) is 32.0 Å². The zero-order valence-electron chi connectivity index (χ0n) is 20.2. The lowest BCUT2D eigenvalue weighted by Gasteiger charge is -2.12. The molecule has 0 unspecified atom stereocenters. The van der Waals surface area contributed by atoms with Crippen LogP contribution in [0.3, 0.4) is 0 Å². The first kappa shape index (κ1) is 21.9. The Hall–Kier alpha value is -2.60. The van der Waals surface area contributed by atoms with Gasteiger partial charge in [-0.05, 0) is 74.1 Å². The lowest BCUT2D eigenvalue weighted by molar-refractivity contribution is 0.877. The Morgan fingerprint density at radius 1 is 0.853 bits per heavy atom. The third-order valence-corrected chi connectivity index (χ3v) is 10.4. The van der Waals surface area contributed by atoms with Crippen LogP contribution in [0.1, 0.15) is 46.9 Å². The first-order valence-corrected chi connectivity index (χ1v) is 14.1. The van der Waals surface area contributed by atoms with Crippen molar-refractivity contribution in [3.8, 4) is 21.8 Å². The predicted molar refractivity (Wildman–Crippen MR) is 152 cm³/mol. The summed E-state index contributed by atoms with van der Waals surface area (Å²) in [6.07, 6.45) is 1.91. The summed E-state index contributed by atoms with van der Waals surface area (Å²) in [5.74, 6) is 0.436. The third kappa shape index (κ3) is 3.25. The largest absolute Gasteiger partial charge is 0.255 e. The number of nitrogens with zero attached hydrogens (tertiary/aromatic N) is 2. The van der Waals surface area contributed by atoms with E-state index >= 15 is 0 Å². The van der Waals surface area contributed by atoms with Crippen LogP contribution in [-0.4, -0.2) is 9.97 Å². The van der Waals surface area contributed by atoms with Crippen molar-refractivity contribution in [1.82, 2.24) is 9.97 Å². The van der Waals surface area contributed by atoms with Crippen LogP contribution in [0.5, 0.6) is 0 Å². The topological polar surface area (TPSA) is 25.8 Å². The van der Waals surface area contributed by atoms with Crippen molar-refractivity contribution in [1.29, 1.82) is 0 Å². The number of aryl methyl sites for hydroxylation is 4. The van der Waals surface area contributed by atoms with E-state index in [1.165, 1.54) is 62.4 Å². The summed E-state index contributed by atoms with van der Waals surface area (Å²) >= 11 is 5.62. The highest BCUT2D eigenvalue weighted by Crippen LogP contribution is 2.47. The number of pyridine rings is 1. The molecule has 0 radical (unpaired) electrons. The summed E-state index contributed by atoms with van der Waals surface area (Å²) in [7, 11) is 0. The van der Waals surface area contributed by atoms with Gasteiger partial charge >= 0.3 is 0 Å². The van der Waals surface area contributed by atoms with Crippen LogP contribution in [0.4, 0.5) is 0 Å². The average molecular weight is 499 g/mol. The van der Waals surface area contributed by atoms with Crippen molar-refractivity contribution in [2.45, 2.75) is 47.5 Å². The van der Waals surface area contributed by atoms with Gasteiger partial charge in [-0.15, -0.1) is 34.0 Å². The van der Waals surface area contributed by atoms with Gasteiger partial charge in [0.05, 0.1) is 19.9 Å². The molecule has 2 nitrogen and oxygen atoms in total. The zero-order valence-corrected chi connectivity index (χ0v) is 22.7. The van der Waals surface area contributed by atoms with Crippen LogP contribution < -0.4 is 0 Å². The van der Waals surface area contributed by atoms with Gasteiger partial charge in [-0.25, -0.2) is 4.98 Å². The molecule has 6 aromatic rings. The summed E-state index contributed by atoms with van der Waals surface area (Å²) in [6.45, 7) is 13.5. The maximum atomic E-state index is 5.04. The summed E-state index contributed by atoms with van der Waals surface area (Å²) in [5, 5.41) is 3.97. The van der Waals surface area contributed by atoms with Gasteiger partial charge in [-0.3, -0.25) is 4.98 Å². The predicted octanol–water partition coefficient (Wildman–Crippen LogP) is 9.81. The number of aromatic nitrogens is 2. The molecule has 0 atom stereocenters. The molecular formula is C29H26N2S3. The van der Waals surface area contributed by atoms with E-state index in [0.29, 0.717) is 5.92 Å². The fraction of sp³-hybridized carbons (Fsp3) is 0.241. The van der Waals surface area contributed by atoms with Gasteiger partial charge in [0.1, 0.15) is 5.01 Å². The van der Waals surface area contributed by atoms with Crippen molar-refractivity contribution < 1.29 is 0 Å². The Morgan fingerprint density at radius 2 is 1.62 bits per heavy atom. The summed E-state index contributed by atoms with van der Waals surface area (Å²) in [6, 6.07) is 13.2. The van der Waals surface area contributed by atoms with Gasteiger partial charge in [0.25, 0.3) is 0 Å². The van der Waals surface area contributed by atoms with Gasteiger partial charge in [-0.2, -0.15) is 0 Å². The van der Waals surface area contributed by atoms with Crippen LogP contribution in [0.2, 0.25) is 0 Å². The molecule has 6 rings (SSSR count). The molecule has 170 valence electrons. The van der Waals surface area contributed by atoms with E-state index < -0.39 is 0 Å². The molecule has 4 aromatic heterocycles. The molecule has 0 aliphatic carbocycles. The molecule has 0 spiro atoms. The Kier molecular flexibility index (Phi) is 5.14. The molecular weight excluding hydrogens is 473 g/mol. The molecule has 0 bridgehead atoms. The Balaban J connectivity index is 1.61. The maximum Gasteiger partial charge on any atom is 0.125 e. The first-order valence-electron chi connectivity index (χ1n) is 11.6. The summed E-state index contributed by atoms with van der Waals surface area (Å²) < 4.78 is 3.97. The first-order chi connectivity index (χ1) is 16.3. The summed E-state index contributed by atoms with van der Waals surface area (Å²) in [5.41, 5.74) is 9.89. The van der Waals surface area contributed by atoms with Crippen LogP contribution in [-0.2, 0) is 0 Å². The van der Waals surface area contributed by atoms with Gasteiger partial charge in [0.2, 0.25) is 0 Å². The van der Waals surface area contributed by atoms with Crippen LogP contribution in [0, 0.1) is 27.7 Å². The van der Waals surface area contributed by atoms with Gasteiger partial charge in [0, 0.05) is 37.7 Å². The molecule has 2 aromatic carbocycles. The van der Waals surface area contributed by atoms with E-state index in [4.69, 9.17) is 9.97 Å². The van der Waals surface area contributed by atoms with Crippen molar-refractivity contribution in [2.75, 3.05) is 0 Å². The lowest BCUT2D eigenvalue weighted by Crippen LogP contribution is -1.92. The summed E-state index contributed by atoms with van der Waals surface area (Å²) in [4.78, 5) is 11.4. The molecule has 0 aliphatic heterocycles. The van der Waals surface area contributed by atoms with Gasteiger partial charge < -0.3 is 0 Å². The van der Waals surface area contributed by atoms with Crippen LogP contribution >= 0.6 is 34.0 Å². The molecule has 0 N–H and O–H groups in total. The number of fused-ring (bicyclic) bond motifs is 4. The highest BCUT2D eigenvalue weighted by Gasteiger charge is 2.20. The number of thiophene rings is 2. The molecule has 34 heavy (non-hydrogen) atoms. The normalized spacial score (nSPS) is 12.1. The quantitative estimate of drug-likeness (QED) is 0.243. The average Bonchev–Trinajstić information content (AvgIpc) is 3.45. The molecule has 5 heteroatoms. The number of rotatable bonds is 3. The van der Waals surface area contributed by atoms with E-state index in [0.717, 1.165) is 16.2 Å². The number of thiazole rings is 1. The van der Waals surface area contributed by atoms with Crippen molar-refractivity contribution in [3.63, 3.8) is 0 Å². The van der Waals surface area contributed by atoms with Crippen LogP contribution in [0.25, 0.3) is 51.5 Å². The van der Waals surface area contributed by atoms with Crippen molar-refractivity contribution in [3.05, 3.63) is 69.7 Å². The van der Waals surface area contributed by atoms with E-state index in [-0.39, 0.29) is 0 Å². The van der Waals surface area contributed by atoms with E-state index in [1.807, 2.05) is 34.9 Å². The Labute approximate surface area is 212 Å². The second-order valence-corrected chi connectivity index (χ2v) is 13.0. The third-order valence-electron chi connectivity index (χ3n) is 6.83. The second kappa shape index (κ2) is 7.98. The van der Waals surface area contributed by atoms with Crippen LogP contribution in [0.15, 0.2) is 42.6 Å². The van der Waals surface area contributed by atoms with E-state index in [1.54, 1.807) is 11.3 Å². The van der Waals surface area contributed by atoms with E-state index in [2.05, 4.69) is 71.9 Å². The molecule has 0 saturated heterocycles. The maximum absolute atomic E-state index is 5.04. The lowest BCUT2D eigenvalue weighted by atomic mass is 9.93. The standard InChI is InChI=1S/C29H26N2S3/c1-14(2)20-12-19(13-22-25(20)24-17(5)18(6)32-29(24)33-22)26-27-21(10-11-30-26)31-28(34-27)23-15(3)8-7-9-16(23)4/h7-14H,1-6H3. The molecule has 4 heterocycles. The minimum absolute atomic E-state index is 0.436. The molecule has 0 aliphatic rings. The molecule has 0 amide bonds. The fourth-order valence-electron chi connectivity index (χ4n) is 4.95. The molecule has 0 fully saturated rings. The minimum atomic E-state index is 0.436. The number of benzene rings is 2. The zero-order chi connectivity index (χ0) is 23.7. The second-order valence-electron chi connectivity index (χ2n) is 9.43. The number of hydrogen-bond donors (Lipinski definition) is 0. The fourth-order valence-corrected chi connectivity index (χ4v) is 8.97. The number of hydrogen-bond acceptors (Lipinski definition) is 5.